The average Bonchev–Trinajstić information content (AvgIpc) is 2.78. The Balaban J connectivity index is 1.59. The van der Waals surface area contributed by atoms with Crippen molar-refractivity contribution in [1.29, 1.82) is 0 Å². The molecule has 0 aromatic heterocycles. The van der Waals surface area contributed by atoms with E-state index in [2.05, 4.69) is 16.0 Å². The molecule has 3 N–H and O–H groups in total. The number of carbonyl (C=O) groups excluding carboxylic acids is 3. The average molecular weight is 455 g/mol. The van der Waals surface area contributed by atoms with Crippen LogP contribution in [-0.2, 0) is 11.0 Å². The molecule has 3 aromatic carbocycles. The maximum Gasteiger partial charge on any atom is 0.416 e. The summed E-state index contributed by atoms with van der Waals surface area (Å²) in [5.74, 6) is -1.05. The standard InChI is InChI=1S/C24H20F3N3O3/c1-15(31)16-8-10-19(11-9-16)28-14-22(32)29-20-6-2-4-17(12-20)23(33)30-21-7-3-5-18(13-21)24(25,26)27/h2-13,28H,14H2,1H3,(H,29,32)(H,30,33). The van der Waals surface area contributed by atoms with Crippen molar-refractivity contribution >= 4 is 34.7 Å². The van der Waals surface area contributed by atoms with Crippen molar-refractivity contribution in [3.8, 4) is 0 Å². The van der Waals surface area contributed by atoms with Crippen LogP contribution in [-0.4, -0.2) is 24.1 Å². The Morgan fingerprint density at radius 1 is 0.758 bits per heavy atom. The van der Waals surface area contributed by atoms with Crippen LogP contribution in [0, 0.1) is 0 Å². The van der Waals surface area contributed by atoms with Crippen molar-refractivity contribution in [2.45, 2.75) is 13.1 Å². The maximum atomic E-state index is 12.9. The molecule has 3 rings (SSSR count). The summed E-state index contributed by atoms with van der Waals surface area (Å²) in [6.45, 7) is 1.41. The monoisotopic (exact) mass is 455 g/mol. The number of nitrogens with one attached hydrogen (secondary N) is 3. The van der Waals surface area contributed by atoms with Crippen LogP contribution in [0.3, 0.4) is 0 Å². The van der Waals surface area contributed by atoms with Gasteiger partial charge in [-0.3, -0.25) is 14.4 Å². The van der Waals surface area contributed by atoms with Crippen LogP contribution >= 0.6 is 0 Å². The fourth-order valence-electron chi connectivity index (χ4n) is 2.93. The van der Waals surface area contributed by atoms with Crippen molar-refractivity contribution in [3.05, 3.63) is 89.5 Å². The summed E-state index contributed by atoms with van der Waals surface area (Å²) < 4.78 is 38.6. The maximum absolute atomic E-state index is 12.9. The lowest BCUT2D eigenvalue weighted by Gasteiger charge is -2.11. The number of benzene rings is 3. The van der Waals surface area contributed by atoms with E-state index in [1.165, 1.54) is 31.2 Å². The summed E-state index contributed by atoms with van der Waals surface area (Å²) in [6.07, 6.45) is -4.52. The summed E-state index contributed by atoms with van der Waals surface area (Å²) in [6, 6.07) is 17.0. The molecule has 170 valence electrons. The van der Waals surface area contributed by atoms with Crippen molar-refractivity contribution in [1.82, 2.24) is 0 Å². The second-order valence-electron chi connectivity index (χ2n) is 7.15. The molecule has 0 aliphatic carbocycles. The molecule has 0 unspecified atom stereocenters. The summed E-state index contributed by atoms with van der Waals surface area (Å²) in [7, 11) is 0. The largest absolute Gasteiger partial charge is 0.416 e. The first-order valence-corrected chi connectivity index (χ1v) is 9.85. The first-order valence-electron chi connectivity index (χ1n) is 9.85. The smallest absolute Gasteiger partial charge is 0.376 e. The third kappa shape index (κ3) is 6.67. The molecule has 6 nitrogen and oxygen atoms in total. The lowest BCUT2D eigenvalue weighted by Crippen LogP contribution is -2.22. The lowest BCUT2D eigenvalue weighted by atomic mass is 10.1. The third-order valence-corrected chi connectivity index (χ3v) is 4.60. The zero-order valence-electron chi connectivity index (χ0n) is 17.5. The highest BCUT2D eigenvalue weighted by molar-refractivity contribution is 6.05. The van der Waals surface area contributed by atoms with Gasteiger partial charge in [0, 0.05) is 28.2 Å². The Labute approximate surface area is 187 Å². The van der Waals surface area contributed by atoms with Crippen LogP contribution in [0.4, 0.5) is 30.2 Å². The molecule has 2 amide bonds. The molecule has 3 aromatic rings. The molecule has 9 heteroatoms. The quantitative estimate of drug-likeness (QED) is 0.427. The van der Waals surface area contributed by atoms with Gasteiger partial charge in [-0.25, -0.2) is 0 Å². The molecule has 0 bridgehead atoms. The minimum atomic E-state index is -4.52. The Morgan fingerprint density at radius 3 is 2.03 bits per heavy atom. The normalized spacial score (nSPS) is 10.9. The van der Waals surface area contributed by atoms with Crippen LogP contribution < -0.4 is 16.0 Å². The van der Waals surface area contributed by atoms with Gasteiger partial charge < -0.3 is 16.0 Å². The molecule has 0 atom stereocenters. The van der Waals surface area contributed by atoms with Crippen LogP contribution in [0.2, 0.25) is 0 Å². The minimum Gasteiger partial charge on any atom is -0.376 e. The highest BCUT2D eigenvalue weighted by atomic mass is 19.4. The zero-order chi connectivity index (χ0) is 24.0. The van der Waals surface area contributed by atoms with Crippen molar-refractivity contribution in [2.24, 2.45) is 0 Å². The van der Waals surface area contributed by atoms with Gasteiger partial charge in [0.25, 0.3) is 5.91 Å². The Kier molecular flexibility index (Phi) is 7.12. The van der Waals surface area contributed by atoms with Gasteiger partial charge in [0.15, 0.2) is 5.78 Å². The van der Waals surface area contributed by atoms with E-state index in [0.717, 1.165) is 12.1 Å². The van der Waals surface area contributed by atoms with Gasteiger partial charge in [0.1, 0.15) is 0 Å². The van der Waals surface area contributed by atoms with Gasteiger partial charge >= 0.3 is 6.18 Å². The first kappa shape index (κ1) is 23.5. The van der Waals surface area contributed by atoms with E-state index in [9.17, 15) is 27.6 Å². The second kappa shape index (κ2) is 9.99. The molecule has 0 aliphatic heterocycles. The fourth-order valence-corrected chi connectivity index (χ4v) is 2.93. The van der Waals surface area contributed by atoms with Crippen LogP contribution in [0.1, 0.15) is 33.2 Å². The van der Waals surface area contributed by atoms with Crippen LogP contribution in [0.15, 0.2) is 72.8 Å². The lowest BCUT2D eigenvalue weighted by molar-refractivity contribution is -0.137. The SMILES string of the molecule is CC(=O)c1ccc(NCC(=O)Nc2cccc(C(=O)Nc3cccc(C(F)(F)F)c3)c2)cc1. The van der Waals surface area contributed by atoms with Crippen LogP contribution in [0.5, 0.6) is 0 Å². The van der Waals surface area contributed by atoms with E-state index in [4.69, 9.17) is 0 Å². The number of hydrogen-bond acceptors (Lipinski definition) is 4. The highest BCUT2D eigenvalue weighted by Gasteiger charge is 2.30. The summed E-state index contributed by atoms with van der Waals surface area (Å²) in [4.78, 5) is 36.0. The van der Waals surface area contributed by atoms with Gasteiger partial charge in [0.05, 0.1) is 12.1 Å². The first-order chi connectivity index (χ1) is 15.6. The molecule has 0 aliphatic rings. The third-order valence-electron chi connectivity index (χ3n) is 4.60. The number of alkyl halides is 3. The Bertz CT molecular complexity index is 1180. The molecule has 0 spiro atoms. The molecule has 0 saturated heterocycles. The molecule has 0 fully saturated rings. The number of rotatable bonds is 7. The van der Waals surface area contributed by atoms with E-state index in [0.29, 0.717) is 16.9 Å². The van der Waals surface area contributed by atoms with Gasteiger partial charge in [0.2, 0.25) is 5.91 Å². The summed E-state index contributed by atoms with van der Waals surface area (Å²) in [5, 5.41) is 7.99. The van der Waals surface area contributed by atoms with Gasteiger partial charge in [-0.05, 0) is 67.6 Å². The highest BCUT2D eigenvalue weighted by Crippen LogP contribution is 2.30. The number of Topliss-reactive ketones (excluding diaryl/α,β-unsaturated/α-hetero) is 1. The van der Waals surface area contributed by atoms with E-state index < -0.39 is 17.6 Å². The molecule has 0 heterocycles. The molecule has 0 radical (unpaired) electrons. The number of ketones is 1. The van der Waals surface area contributed by atoms with E-state index in [1.54, 1.807) is 36.4 Å². The summed E-state index contributed by atoms with van der Waals surface area (Å²) in [5.41, 5.74) is 0.868. The predicted molar refractivity (Wildman–Crippen MR) is 119 cm³/mol. The van der Waals surface area contributed by atoms with E-state index >= 15 is 0 Å². The van der Waals surface area contributed by atoms with Gasteiger partial charge in [-0.1, -0.05) is 12.1 Å². The van der Waals surface area contributed by atoms with Crippen LogP contribution in [0.25, 0.3) is 0 Å². The number of hydrogen-bond donors (Lipinski definition) is 3. The number of anilines is 3. The van der Waals surface area contributed by atoms with Gasteiger partial charge in [-0.15, -0.1) is 0 Å². The predicted octanol–water partition coefficient (Wildman–Crippen LogP) is 5.21. The molecular weight excluding hydrogens is 435 g/mol. The number of amides is 2. The Hall–Kier alpha value is -4.14. The zero-order valence-corrected chi connectivity index (χ0v) is 17.5. The topological polar surface area (TPSA) is 87.3 Å². The second-order valence-corrected chi connectivity index (χ2v) is 7.15. The number of carbonyl (C=O) groups is 3. The van der Waals surface area contributed by atoms with Gasteiger partial charge in [-0.2, -0.15) is 13.2 Å². The minimum absolute atomic E-state index is 0.00394. The summed E-state index contributed by atoms with van der Waals surface area (Å²) >= 11 is 0. The fraction of sp³-hybridized carbons (Fsp3) is 0.125. The van der Waals surface area contributed by atoms with E-state index in [1.807, 2.05) is 0 Å². The van der Waals surface area contributed by atoms with Crippen molar-refractivity contribution < 1.29 is 27.6 Å². The van der Waals surface area contributed by atoms with Crippen molar-refractivity contribution in [3.63, 3.8) is 0 Å². The molecule has 0 saturated carbocycles. The number of halogens is 3. The van der Waals surface area contributed by atoms with E-state index in [-0.39, 0.29) is 29.5 Å². The molecule has 33 heavy (non-hydrogen) atoms. The van der Waals surface area contributed by atoms with Crippen molar-refractivity contribution in [2.75, 3.05) is 22.5 Å². The molecular formula is C24H20F3N3O3. The Morgan fingerprint density at radius 2 is 1.39 bits per heavy atom.